The summed E-state index contributed by atoms with van der Waals surface area (Å²) < 4.78 is 64.7. The van der Waals surface area contributed by atoms with Crippen molar-refractivity contribution in [1.82, 2.24) is 34.8 Å². The number of nitrogens with one attached hydrogen (secondary N) is 2. The summed E-state index contributed by atoms with van der Waals surface area (Å²) in [6, 6.07) is 5.73. The molecular formula is C49H60F3N7O9. The van der Waals surface area contributed by atoms with E-state index < -0.39 is 41.9 Å². The molecule has 4 aliphatic heterocycles. The third-order valence-corrected chi connectivity index (χ3v) is 15.0. The lowest BCUT2D eigenvalue weighted by Crippen LogP contribution is -2.58. The molecule has 1 spiro atoms. The number of likely N-dealkylation sites (N-methyl/N-ethyl adjacent to an activating group) is 1. The van der Waals surface area contributed by atoms with Gasteiger partial charge in [-0.25, -0.2) is 4.79 Å². The van der Waals surface area contributed by atoms with Crippen LogP contribution >= 0.6 is 0 Å². The molecule has 1 aliphatic carbocycles. The fraction of sp³-hybridized carbons (Fsp3) is 0.551. The highest BCUT2D eigenvalue weighted by molar-refractivity contribution is 6.06. The predicted molar refractivity (Wildman–Crippen MR) is 244 cm³/mol. The van der Waals surface area contributed by atoms with E-state index >= 15 is 13.2 Å². The maximum absolute atomic E-state index is 15.0. The zero-order chi connectivity index (χ0) is 48.7. The lowest BCUT2D eigenvalue weighted by atomic mass is 9.61. The Balaban J connectivity index is 0.874. The average molecular weight is 948 g/mol. The van der Waals surface area contributed by atoms with Gasteiger partial charge in [0, 0.05) is 63.5 Å². The third kappa shape index (κ3) is 9.68. The Bertz CT molecular complexity index is 2480. The molecule has 68 heavy (non-hydrogen) atoms. The number of urea groups is 1. The quantitative estimate of drug-likeness (QED) is 0.187. The zero-order valence-corrected chi connectivity index (χ0v) is 39.2. The molecule has 3 saturated heterocycles. The van der Waals surface area contributed by atoms with E-state index in [-0.39, 0.29) is 53.6 Å². The van der Waals surface area contributed by atoms with Gasteiger partial charge in [-0.05, 0) is 130 Å². The Morgan fingerprint density at radius 3 is 2.24 bits per heavy atom. The number of alkyl halides is 3. The van der Waals surface area contributed by atoms with Gasteiger partial charge in [-0.3, -0.25) is 39.1 Å². The molecular weight excluding hydrogens is 888 g/mol. The Kier molecular flexibility index (Phi) is 14.0. The van der Waals surface area contributed by atoms with E-state index in [0.29, 0.717) is 113 Å². The van der Waals surface area contributed by atoms with Gasteiger partial charge >= 0.3 is 12.2 Å². The van der Waals surface area contributed by atoms with Crippen molar-refractivity contribution in [3.05, 3.63) is 74.7 Å². The number of piperidine rings is 3. The number of aryl methyl sites for hydroxylation is 1. The molecule has 366 valence electrons. The van der Waals surface area contributed by atoms with Crippen LogP contribution in [0.25, 0.3) is 11.1 Å². The molecule has 4 fully saturated rings. The van der Waals surface area contributed by atoms with E-state index in [1.807, 2.05) is 12.1 Å². The number of rotatable bonds is 12. The molecule has 5 amide bonds. The molecule has 5 heterocycles. The van der Waals surface area contributed by atoms with Gasteiger partial charge in [-0.2, -0.15) is 13.2 Å². The highest BCUT2D eigenvalue weighted by atomic mass is 19.4. The summed E-state index contributed by atoms with van der Waals surface area (Å²) in [4.78, 5) is 81.7. The number of aromatic nitrogens is 1. The van der Waals surface area contributed by atoms with Gasteiger partial charge in [-0.1, -0.05) is 0 Å². The van der Waals surface area contributed by atoms with Crippen molar-refractivity contribution in [1.29, 1.82) is 0 Å². The first-order valence-corrected chi connectivity index (χ1v) is 23.3. The summed E-state index contributed by atoms with van der Waals surface area (Å²) in [7, 11) is 7.83. The van der Waals surface area contributed by atoms with E-state index in [9.17, 15) is 28.8 Å². The fourth-order valence-electron chi connectivity index (χ4n) is 11.2. The van der Waals surface area contributed by atoms with Crippen molar-refractivity contribution in [2.75, 3.05) is 61.0 Å². The van der Waals surface area contributed by atoms with Gasteiger partial charge in [0.1, 0.15) is 29.3 Å². The number of pyridine rings is 1. The lowest BCUT2D eigenvalue weighted by Gasteiger charge is -2.53. The molecule has 3 aromatic rings. The molecule has 19 heteroatoms. The van der Waals surface area contributed by atoms with Crippen LogP contribution in [-0.4, -0.2) is 140 Å². The monoisotopic (exact) mass is 947 g/mol. The number of halogens is 3. The maximum Gasteiger partial charge on any atom is 0.404 e. The number of ether oxygens (including phenoxy) is 3. The van der Waals surface area contributed by atoms with Crippen LogP contribution in [0.15, 0.2) is 41.3 Å². The van der Waals surface area contributed by atoms with Crippen molar-refractivity contribution < 1.29 is 51.4 Å². The number of imide groups is 1. The van der Waals surface area contributed by atoms with Gasteiger partial charge in [-0.15, -0.1) is 0 Å². The van der Waals surface area contributed by atoms with Gasteiger partial charge in [0.25, 0.3) is 11.5 Å². The van der Waals surface area contributed by atoms with E-state index in [2.05, 4.69) is 15.5 Å². The molecule has 0 bridgehead atoms. The Morgan fingerprint density at radius 2 is 1.63 bits per heavy atom. The summed E-state index contributed by atoms with van der Waals surface area (Å²) in [5.41, 5.74) is 3.71. The largest absolute Gasteiger partial charge is 0.496 e. The lowest BCUT2D eigenvalue weighted by molar-refractivity contribution is -0.210. The fourth-order valence-corrected chi connectivity index (χ4v) is 11.2. The molecule has 2 unspecified atom stereocenters. The van der Waals surface area contributed by atoms with Gasteiger partial charge in [0.15, 0.2) is 6.29 Å². The number of amides is 5. The number of carbonyl (C=O) groups is 5. The molecule has 8 rings (SSSR count). The van der Waals surface area contributed by atoms with Crippen molar-refractivity contribution in [2.45, 2.75) is 95.2 Å². The standard InChI is InChI=1S/C49H60F3N7O9/c1-53-47(65)59-17-12-34-36(25-55(2)45(63)37(34)27-59)31-20-40(66-4)38(41(21-31)67-5)26-57-15-10-29(11-16-57)43(49(50,51)52)58-18-13-48(14-19-58)23-33(24-48)68-32-7-6-30(28-60)35(22-32)46(64)56(3)39-8-9-42(61)54-44(39)62/h6-7,20-22,25,28-29,33,39,43H,8-19,23-24,26-27H2,1-5H3,(H,53,65)(H,54,61,62). The molecule has 1 saturated carbocycles. The van der Waals surface area contributed by atoms with E-state index in [1.165, 1.54) is 28.6 Å². The predicted octanol–water partition coefficient (Wildman–Crippen LogP) is 4.92. The normalized spacial score (nSPS) is 20.8. The van der Waals surface area contributed by atoms with E-state index in [1.54, 1.807) is 50.4 Å². The molecule has 0 radical (unpaired) electrons. The van der Waals surface area contributed by atoms with Crippen LogP contribution in [0.5, 0.6) is 17.2 Å². The van der Waals surface area contributed by atoms with Crippen molar-refractivity contribution in [2.24, 2.45) is 18.4 Å². The number of hydrogen-bond acceptors (Lipinski definition) is 11. The second kappa shape index (κ2) is 19.6. The number of carbonyl (C=O) groups excluding carboxylic acids is 5. The number of likely N-dealkylation sites (tertiary alicyclic amines) is 2. The minimum absolute atomic E-state index is 0.0704. The molecule has 2 atom stereocenters. The summed E-state index contributed by atoms with van der Waals surface area (Å²) in [5, 5.41) is 4.88. The molecule has 16 nitrogen and oxygen atoms in total. The number of aldehydes is 1. The second-order valence-corrected chi connectivity index (χ2v) is 19.0. The number of hydrogen-bond donors (Lipinski definition) is 2. The minimum atomic E-state index is -4.40. The second-order valence-electron chi connectivity index (χ2n) is 19.0. The molecule has 1 aromatic heterocycles. The van der Waals surface area contributed by atoms with E-state index in [0.717, 1.165) is 22.3 Å². The van der Waals surface area contributed by atoms with Gasteiger partial charge in [0.05, 0.1) is 38.0 Å². The summed E-state index contributed by atoms with van der Waals surface area (Å²) in [6.07, 6.45) is 1.76. The Hall–Kier alpha value is -5.95. The van der Waals surface area contributed by atoms with Crippen LogP contribution in [-0.2, 0) is 36.1 Å². The first-order valence-electron chi connectivity index (χ1n) is 23.3. The van der Waals surface area contributed by atoms with Crippen LogP contribution in [0.1, 0.15) is 88.8 Å². The van der Waals surface area contributed by atoms with Crippen LogP contribution in [0.2, 0.25) is 0 Å². The molecule has 5 aliphatic rings. The Labute approximate surface area is 393 Å². The van der Waals surface area contributed by atoms with Crippen molar-refractivity contribution in [3.63, 3.8) is 0 Å². The topological polar surface area (TPSA) is 172 Å². The summed E-state index contributed by atoms with van der Waals surface area (Å²) in [5.74, 6) is -0.601. The van der Waals surface area contributed by atoms with Crippen molar-refractivity contribution in [3.8, 4) is 28.4 Å². The number of benzene rings is 2. The average Bonchev–Trinajstić information content (AvgIpc) is 3.32. The van der Waals surface area contributed by atoms with Gasteiger partial charge < -0.3 is 33.9 Å². The maximum atomic E-state index is 15.0. The van der Waals surface area contributed by atoms with Crippen LogP contribution in [0.4, 0.5) is 18.0 Å². The first kappa shape index (κ1) is 48.5. The summed E-state index contributed by atoms with van der Waals surface area (Å²) >= 11 is 0. The SMILES string of the molecule is CNC(=O)N1CCc2c(-c3cc(OC)c(CN4CCC(C(N5CCC6(CC5)CC(Oc5ccc(C=O)c(C(=O)N(C)C7CCC(=O)NC7=O)c5)C6)C(F)(F)F)CC4)c(OC)c3)cn(C)c(=O)c2C1. The van der Waals surface area contributed by atoms with Gasteiger partial charge in [0.2, 0.25) is 11.8 Å². The number of methoxy groups -OCH3 is 2. The summed E-state index contributed by atoms with van der Waals surface area (Å²) in [6.45, 7) is 2.62. The zero-order valence-electron chi connectivity index (χ0n) is 39.2. The third-order valence-electron chi connectivity index (χ3n) is 15.0. The first-order chi connectivity index (χ1) is 32.5. The van der Waals surface area contributed by atoms with E-state index in [4.69, 9.17) is 14.2 Å². The van der Waals surface area contributed by atoms with Crippen molar-refractivity contribution >= 4 is 30.0 Å². The minimum Gasteiger partial charge on any atom is -0.496 e. The number of fused-ring (bicyclic) bond motifs is 1. The number of nitrogens with zero attached hydrogens (tertiary/aromatic N) is 5. The molecule has 2 aromatic carbocycles. The smallest absolute Gasteiger partial charge is 0.404 e. The van der Waals surface area contributed by atoms with Crippen LogP contribution < -0.4 is 30.4 Å². The molecule has 2 N–H and O–H groups in total. The highest BCUT2D eigenvalue weighted by Crippen LogP contribution is 2.52. The highest BCUT2D eigenvalue weighted by Gasteiger charge is 2.53. The Morgan fingerprint density at radius 1 is 0.956 bits per heavy atom. The van der Waals surface area contributed by atoms with Crippen LogP contribution in [0, 0.1) is 11.3 Å². The van der Waals surface area contributed by atoms with Crippen LogP contribution in [0.3, 0.4) is 0 Å².